The van der Waals surface area contributed by atoms with Gasteiger partial charge in [-0.25, -0.2) is 0 Å². The lowest BCUT2D eigenvalue weighted by Crippen LogP contribution is -2.37. The van der Waals surface area contributed by atoms with Crippen molar-refractivity contribution >= 4 is 22.8 Å². The van der Waals surface area contributed by atoms with E-state index in [0.29, 0.717) is 0 Å². The molecular weight excluding hydrogens is 522 g/mol. The summed E-state index contributed by atoms with van der Waals surface area (Å²) >= 11 is 0. The molecule has 0 aromatic heterocycles. The molecule has 0 fully saturated rings. The van der Waals surface area contributed by atoms with E-state index in [1.165, 1.54) is 44.8 Å². The molecule has 3 aliphatic rings. The summed E-state index contributed by atoms with van der Waals surface area (Å²) in [7, 11) is 0. The Morgan fingerprint density at radius 1 is 0.442 bits per heavy atom. The highest BCUT2D eigenvalue weighted by molar-refractivity contribution is 6.15. The molecule has 2 nitrogen and oxygen atoms in total. The van der Waals surface area contributed by atoms with Gasteiger partial charge in [-0.1, -0.05) is 123 Å². The minimum atomic E-state index is -0.606. The molecule has 6 aromatic rings. The van der Waals surface area contributed by atoms with Crippen molar-refractivity contribution in [1.29, 1.82) is 0 Å². The smallest absolute Gasteiger partial charge is 0.193 e. The molecule has 43 heavy (non-hydrogen) atoms. The largest absolute Gasteiger partial charge is 0.310 e. The fraction of sp³-hybridized carbons (Fsp3) is 0.0976. The molecule has 0 N–H and O–H groups in total. The number of carbonyl (C=O) groups excluding carboxylic acids is 1. The van der Waals surface area contributed by atoms with E-state index in [-0.39, 0.29) is 11.2 Å². The predicted octanol–water partition coefficient (Wildman–Crippen LogP) is 9.70. The molecule has 0 amide bonds. The number of nitrogens with zero attached hydrogens (tertiary/aromatic N) is 1. The Hall–Kier alpha value is -5.21. The monoisotopic (exact) mass is 551 g/mol. The number of anilines is 3. The number of para-hydroxylation sites is 2. The van der Waals surface area contributed by atoms with Crippen LogP contribution < -0.4 is 4.90 Å². The third-order valence-corrected chi connectivity index (χ3v) is 10.1. The van der Waals surface area contributed by atoms with Gasteiger partial charge in [-0.15, -0.1) is 0 Å². The molecule has 0 atom stereocenters. The lowest BCUT2D eigenvalue weighted by molar-refractivity contribution is 0.103. The average molecular weight is 552 g/mol. The highest BCUT2D eigenvalue weighted by Gasteiger charge is 2.52. The Labute approximate surface area is 251 Å². The minimum absolute atomic E-state index is 0.0988. The van der Waals surface area contributed by atoms with Crippen LogP contribution in [0.2, 0.25) is 0 Å². The summed E-state index contributed by atoms with van der Waals surface area (Å²) in [5.74, 6) is 0.0988. The first kappa shape index (κ1) is 24.4. The molecule has 0 saturated heterocycles. The van der Waals surface area contributed by atoms with E-state index in [1.807, 2.05) is 24.3 Å². The Morgan fingerprint density at radius 2 is 0.953 bits per heavy atom. The first-order valence-corrected chi connectivity index (χ1v) is 15.0. The fourth-order valence-electron chi connectivity index (χ4n) is 8.21. The molecule has 204 valence electrons. The third-order valence-electron chi connectivity index (χ3n) is 10.1. The van der Waals surface area contributed by atoms with Crippen LogP contribution in [0.3, 0.4) is 0 Å². The molecule has 1 heterocycles. The fourth-order valence-corrected chi connectivity index (χ4v) is 8.21. The second-order valence-electron chi connectivity index (χ2n) is 12.4. The summed E-state index contributed by atoms with van der Waals surface area (Å²) in [5, 5.41) is 0. The first-order chi connectivity index (χ1) is 21.0. The third kappa shape index (κ3) is 2.95. The van der Waals surface area contributed by atoms with Crippen LogP contribution in [0.1, 0.15) is 63.1 Å². The molecule has 9 rings (SSSR count). The van der Waals surface area contributed by atoms with Crippen molar-refractivity contribution in [1.82, 2.24) is 0 Å². The van der Waals surface area contributed by atoms with Crippen molar-refractivity contribution in [3.8, 4) is 11.1 Å². The van der Waals surface area contributed by atoms with E-state index in [0.717, 1.165) is 27.9 Å². The lowest BCUT2D eigenvalue weighted by atomic mass is 9.61. The Kier molecular flexibility index (Phi) is 4.78. The van der Waals surface area contributed by atoms with Gasteiger partial charge in [0.25, 0.3) is 0 Å². The van der Waals surface area contributed by atoms with Crippen molar-refractivity contribution in [2.75, 3.05) is 4.90 Å². The number of hydrogen-bond donors (Lipinski definition) is 0. The van der Waals surface area contributed by atoms with Crippen molar-refractivity contribution < 1.29 is 4.79 Å². The predicted molar refractivity (Wildman–Crippen MR) is 174 cm³/mol. The second kappa shape index (κ2) is 8.42. The SMILES string of the molecule is CC1(C)c2ccccc2N(c2ccccc2)c2cc3c(cc21)-c1ccccc1C31c2ccccc2C(=O)c2ccccc21. The zero-order valence-electron chi connectivity index (χ0n) is 24.1. The number of fused-ring (bicyclic) bond motifs is 11. The van der Waals surface area contributed by atoms with Crippen molar-refractivity contribution in [2.24, 2.45) is 0 Å². The van der Waals surface area contributed by atoms with Crippen LogP contribution in [-0.4, -0.2) is 5.78 Å². The first-order valence-electron chi connectivity index (χ1n) is 15.0. The van der Waals surface area contributed by atoms with Crippen LogP contribution in [0.25, 0.3) is 11.1 Å². The maximum atomic E-state index is 14.0. The highest BCUT2D eigenvalue weighted by Crippen LogP contribution is 2.62. The summed E-state index contributed by atoms with van der Waals surface area (Å²) in [6.45, 7) is 4.69. The molecule has 0 saturated carbocycles. The van der Waals surface area contributed by atoms with E-state index in [1.54, 1.807) is 0 Å². The molecule has 0 radical (unpaired) electrons. The van der Waals surface area contributed by atoms with Crippen molar-refractivity contribution in [2.45, 2.75) is 24.7 Å². The molecule has 0 bridgehead atoms. The van der Waals surface area contributed by atoms with E-state index in [9.17, 15) is 4.79 Å². The van der Waals surface area contributed by atoms with Gasteiger partial charge in [0.05, 0.1) is 16.8 Å². The normalized spacial score (nSPS) is 16.0. The van der Waals surface area contributed by atoms with Gasteiger partial charge < -0.3 is 4.90 Å². The highest BCUT2D eigenvalue weighted by atomic mass is 16.1. The number of ketones is 1. The standard InChI is InChI=1S/C41H29NO/c1-40(2)34-22-12-13-23-37(34)42(26-14-4-3-5-15-26)38-25-35-30(24-36(38)40)27-16-6-9-19-31(27)41(35)32-20-10-7-17-28(32)39(43)29-18-8-11-21-33(29)41/h3-25H,1-2H3. The van der Waals surface area contributed by atoms with Gasteiger partial charge in [0.15, 0.2) is 5.78 Å². The second-order valence-corrected chi connectivity index (χ2v) is 12.4. The Balaban J connectivity index is 1.45. The van der Waals surface area contributed by atoms with Crippen LogP contribution in [0.15, 0.2) is 140 Å². The number of hydrogen-bond acceptors (Lipinski definition) is 2. The van der Waals surface area contributed by atoms with Crippen molar-refractivity contribution in [3.63, 3.8) is 0 Å². The van der Waals surface area contributed by atoms with Crippen LogP contribution >= 0.6 is 0 Å². The van der Waals surface area contributed by atoms with Crippen LogP contribution in [-0.2, 0) is 10.8 Å². The summed E-state index contributed by atoms with van der Waals surface area (Å²) < 4.78 is 0. The molecule has 1 aliphatic heterocycles. The molecule has 2 aliphatic carbocycles. The molecule has 2 heteroatoms. The van der Waals surface area contributed by atoms with Crippen molar-refractivity contribution in [3.05, 3.63) is 184 Å². The van der Waals surface area contributed by atoms with Gasteiger partial charge >= 0.3 is 0 Å². The van der Waals surface area contributed by atoms with Gasteiger partial charge in [-0.05, 0) is 74.8 Å². The summed E-state index contributed by atoms with van der Waals surface area (Å²) in [6, 6.07) is 49.7. The van der Waals surface area contributed by atoms with Crippen LogP contribution in [0.5, 0.6) is 0 Å². The molecule has 1 spiro atoms. The number of rotatable bonds is 1. The van der Waals surface area contributed by atoms with Gasteiger partial charge in [0, 0.05) is 22.2 Å². The van der Waals surface area contributed by atoms with Gasteiger partial charge in [0.2, 0.25) is 0 Å². The molecule has 0 unspecified atom stereocenters. The summed E-state index contributed by atoms with van der Waals surface area (Å²) in [4.78, 5) is 16.4. The quantitative estimate of drug-likeness (QED) is 0.202. The maximum Gasteiger partial charge on any atom is 0.193 e. The van der Waals surface area contributed by atoms with Gasteiger partial charge in [-0.3, -0.25) is 4.79 Å². The summed E-state index contributed by atoms with van der Waals surface area (Å²) in [5.41, 5.74) is 14.0. The minimum Gasteiger partial charge on any atom is -0.310 e. The molecular formula is C41H29NO. The zero-order chi connectivity index (χ0) is 28.9. The topological polar surface area (TPSA) is 20.3 Å². The van der Waals surface area contributed by atoms with Crippen LogP contribution in [0.4, 0.5) is 17.1 Å². The Bertz CT molecular complexity index is 2090. The lowest BCUT2D eigenvalue weighted by Gasteiger charge is -2.44. The Morgan fingerprint density at radius 3 is 1.60 bits per heavy atom. The van der Waals surface area contributed by atoms with Crippen LogP contribution in [0, 0.1) is 0 Å². The molecule has 6 aromatic carbocycles. The average Bonchev–Trinajstić information content (AvgIpc) is 3.34. The van der Waals surface area contributed by atoms with Gasteiger partial charge in [0.1, 0.15) is 0 Å². The van der Waals surface area contributed by atoms with E-state index in [2.05, 4.69) is 134 Å². The van der Waals surface area contributed by atoms with E-state index in [4.69, 9.17) is 0 Å². The number of carbonyl (C=O) groups is 1. The number of benzene rings is 6. The van der Waals surface area contributed by atoms with E-state index < -0.39 is 5.41 Å². The van der Waals surface area contributed by atoms with Gasteiger partial charge in [-0.2, -0.15) is 0 Å². The summed E-state index contributed by atoms with van der Waals surface area (Å²) in [6.07, 6.45) is 0. The maximum absolute atomic E-state index is 14.0. The zero-order valence-corrected chi connectivity index (χ0v) is 24.1. The van der Waals surface area contributed by atoms with E-state index >= 15 is 0 Å².